The highest BCUT2D eigenvalue weighted by molar-refractivity contribution is 9.13. The number of rotatable bonds is 6. The van der Waals surface area contributed by atoms with E-state index < -0.39 is 0 Å². The minimum Gasteiger partial charge on any atom is -0.305 e. The predicted octanol–water partition coefficient (Wildman–Crippen LogP) is 5.90. The number of thiophene rings is 1. The Morgan fingerprint density at radius 1 is 1.21 bits per heavy atom. The second kappa shape index (κ2) is 7.58. The van der Waals surface area contributed by atoms with Gasteiger partial charge in [0, 0.05) is 21.9 Å². The van der Waals surface area contributed by atoms with Gasteiger partial charge in [0.05, 0.1) is 3.79 Å². The third kappa shape index (κ3) is 4.42. The molecular formula is C15H17Br2NS. The largest absolute Gasteiger partial charge is 0.305 e. The van der Waals surface area contributed by atoms with Gasteiger partial charge < -0.3 is 5.32 Å². The molecule has 0 aliphatic carbocycles. The Kier molecular flexibility index (Phi) is 6.07. The molecule has 1 atom stereocenters. The summed E-state index contributed by atoms with van der Waals surface area (Å²) in [6.45, 7) is 3.14. The summed E-state index contributed by atoms with van der Waals surface area (Å²) >= 11 is 8.85. The molecule has 1 nitrogen and oxygen atoms in total. The van der Waals surface area contributed by atoms with Crippen LogP contribution in [0.15, 0.2) is 44.7 Å². The number of hydrogen-bond acceptors (Lipinski definition) is 2. The van der Waals surface area contributed by atoms with E-state index in [9.17, 15) is 0 Å². The van der Waals surface area contributed by atoms with Crippen LogP contribution in [0.25, 0.3) is 0 Å². The maximum atomic E-state index is 3.66. The van der Waals surface area contributed by atoms with Gasteiger partial charge in [0.2, 0.25) is 0 Å². The van der Waals surface area contributed by atoms with Gasteiger partial charge in [0.25, 0.3) is 0 Å². The lowest BCUT2D eigenvalue weighted by molar-refractivity contribution is 0.496. The summed E-state index contributed by atoms with van der Waals surface area (Å²) < 4.78 is 2.30. The van der Waals surface area contributed by atoms with Gasteiger partial charge in [-0.05, 0) is 49.9 Å². The quantitative estimate of drug-likeness (QED) is 0.633. The van der Waals surface area contributed by atoms with Crippen LogP contribution in [-0.4, -0.2) is 0 Å². The standard InChI is InChI=1S/C15H17Br2NS/c1-2-6-14(11-7-4-3-5-8-11)18-10-12-9-13(16)15(17)19-12/h3-5,7-9,14,18H,2,6,10H2,1H3. The third-order valence-electron chi connectivity index (χ3n) is 3.00. The van der Waals surface area contributed by atoms with Crippen molar-refractivity contribution in [2.45, 2.75) is 32.4 Å². The molecule has 1 aromatic heterocycles. The van der Waals surface area contributed by atoms with E-state index in [1.165, 1.54) is 16.9 Å². The van der Waals surface area contributed by atoms with Crippen molar-refractivity contribution in [2.75, 3.05) is 0 Å². The molecule has 0 bridgehead atoms. The summed E-state index contributed by atoms with van der Waals surface area (Å²) in [6, 6.07) is 13.3. The first-order chi connectivity index (χ1) is 9.20. The zero-order valence-electron chi connectivity index (χ0n) is 10.8. The number of hydrogen-bond donors (Lipinski definition) is 1. The number of nitrogens with one attached hydrogen (secondary N) is 1. The van der Waals surface area contributed by atoms with Gasteiger partial charge in [-0.1, -0.05) is 43.7 Å². The summed E-state index contributed by atoms with van der Waals surface area (Å²) in [7, 11) is 0. The maximum Gasteiger partial charge on any atom is 0.0843 e. The van der Waals surface area contributed by atoms with E-state index in [-0.39, 0.29) is 0 Å². The average molecular weight is 403 g/mol. The molecular weight excluding hydrogens is 386 g/mol. The summed E-state index contributed by atoms with van der Waals surface area (Å²) in [5.41, 5.74) is 1.37. The summed E-state index contributed by atoms with van der Waals surface area (Å²) in [5, 5.41) is 3.66. The molecule has 0 radical (unpaired) electrons. The van der Waals surface area contributed by atoms with Crippen molar-refractivity contribution < 1.29 is 0 Å². The second-order valence-electron chi connectivity index (χ2n) is 4.47. The molecule has 0 amide bonds. The van der Waals surface area contributed by atoms with Gasteiger partial charge >= 0.3 is 0 Å². The van der Waals surface area contributed by atoms with Crippen LogP contribution < -0.4 is 5.32 Å². The molecule has 0 aliphatic heterocycles. The van der Waals surface area contributed by atoms with Crippen molar-refractivity contribution in [3.05, 3.63) is 55.1 Å². The lowest BCUT2D eigenvalue weighted by Crippen LogP contribution is -2.20. The summed E-state index contributed by atoms with van der Waals surface area (Å²) in [5.74, 6) is 0. The molecule has 2 rings (SSSR count). The summed E-state index contributed by atoms with van der Waals surface area (Å²) in [4.78, 5) is 1.34. The molecule has 1 aromatic carbocycles. The predicted molar refractivity (Wildman–Crippen MR) is 90.6 cm³/mol. The lowest BCUT2D eigenvalue weighted by atomic mass is 10.0. The van der Waals surface area contributed by atoms with Gasteiger partial charge in [-0.15, -0.1) is 11.3 Å². The average Bonchev–Trinajstić information content (AvgIpc) is 2.75. The Bertz CT molecular complexity index is 491. The van der Waals surface area contributed by atoms with Crippen molar-refractivity contribution >= 4 is 43.2 Å². The highest BCUT2D eigenvalue weighted by Crippen LogP contribution is 2.32. The minimum absolute atomic E-state index is 0.436. The molecule has 102 valence electrons. The van der Waals surface area contributed by atoms with Gasteiger partial charge in [0.15, 0.2) is 0 Å². The van der Waals surface area contributed by atoms with Crippen LogP contribution in [-0.2, 0) is 6.54 Å². The van der Waals surface area contributed by atoms with E-state index in [4.69, 9.17) is 0 Å². The Labute approximate surface area is 135 Å². The van der Waals surface area contributed by atoms with E-state index in [0.29, 0.717) is 6.04 Å². The highest BCUT2D eigenvalue weighted by atomic mass is 79.9. The van der Waals surface area contributed by atoms with E-state index in [0.717, 1.165) is 21.2 Å². The monoisotopic (exact) mass is 401 g/mol. The van der Waals surface area contributed by atoms with E-state index >= 15 is 0 Å². The zero-order chi connectivity index (χ0) is 13.7. The number of benzene rings is 1. The van der Waals surface area contributed by atoms with E-state index in [2.05, 4.69) is 80.5 Å². The Balaban J connectivity index is 2.01. The Morgan fingerprint density at radius 2 is 1.95 bits per heavy atom. The fourth-order valence-corrected chi connectivity index (χ4v) is 4.19. The van der Waals surface area contributed by atoms with E-state index in [1.807, 2.05) is 0 Å². The normalized spacial score (nSPS) is 12.6. The van der Waals surface area contributed by atoms with Gasteiger partial charge in [-0.2, -0.15) is 0 Å². The van der Waals surface area contributed by atoms with Crippen LogP contribution in [0.4, 0.5) is 0 Å². The first kappa shape index (κ1) is 15.2. The molecule has 0 saturated carbocycles. The molecule has 0 saturated heterocycles. The van der Waals surface area contributed by atoms with E-state index in [1.54, 1.807) is 11.3 Å². The molecule has 0 aliphatic rings. The van der Waals surface area contributed by atoms with Crippen LogP contribution in [0.2, 0.25) is 0 Å². The van der Waals surface area contributed by atoms with Gasteiger partial charge in [-0.25, -0.2) is 0 Å². The molecule has 4 heteroatoms. The van der Waals surface area contributed by atoms with Gasteiger partial charge in [-0.3, -0.25) is 0 Å². The molecule has 2 aromatic rings. The lowest BCUT2D eigenvalue weighted by Gasteiger charge is -2.18. The Hall–Kier alpha value is -0.160. The molecule has 0 fully saturated rings. The zero-order valence-corrected chi connectivity index (χ0v) is 14.8. The maximum absolute atomic E-state index is 3.66. The molecule has 1 heterocycles. The first-order valence-corrected chi connectivity index (χ1v) is 8.83. The smallest absolute Gasteiger partial charge is 0.0843 e. The minimum atomic E-state index is 0.436. The molecule has 19 heavy (non-hydrogen) atoms. The van der Waals surface area contributed by atoms with Gasteiger partial charge in [0.1, 0.15) is 0 Å². The van der Waals surface area contributed by atoms with Crippen LogP contribution in [0.1, 0.15) is 36.2 Å². The topological polar surface area (TPSA) is 12.0 Å². The van der Waals surface area contributed by atoms with Crippen molar-refractivity contribution in [3.63, 3.8) is 0 Å². The molecule has 1 unspecified atom stereocenters. The third-order valence-corrected chi connectivity index (χ3v) is 6.25. The van der Waals surface area contributed by atoms with Crippen LogP contribution in [0.3, 0.4) is 0 Å². The Morgan fingerprint density at radius 3 is 2.53 bits per heavy atom. The molecule has 0 spiro atoms. The molecule has 1 N–H and O–H groups in total. The SMILES string of the molecule is CCCC(NCc1cc(Br)c(Br)s1)c1ccccc1. The van der Waals surface area contributed by atoms with Crippen molar-refractivity contribution in [2.24, 2.45) is 0 Å². The second-order valence-corrected chi connectivity index (χ2v) is 7.78. The number of halogens is 2. The fraction of sp³-hybridized carbons (Fsp3) is 0.333. The van der Waals surface area contributed by atoms with Crippen molar-refractivity contribution in [1.82, 2.24) is 5.32 Å². The fourth-order valence-electron chi connectivity index (χ4n) is 2.06. The highest BCUT2D eigenvalue weighted by Gasteiger charge is 2.11. The first-order valence-electron chi connectivity index (χ1n) is 6.42. The van der Waals surface area contributed by atoms with Crippen LogP contribution in [0, 0.1) is 0 Å². The summed E-state index contributed by atoms with van der Waals surface area (Å²) in [6.07, 6.45) is 2.35. The van der Waals surface area contributed by atoms with Crippen LogP contribution >= 0.6 is 43.2 Å². The van der Waals surface area contributed by atoms with Crippen molar-refractivity contribution in [3.8, 4) is 0 Å². The van der Waals surface area contributed by atoms with Crippen LogP contribution in [0.5, 0.6) is 0 Å². The van der Waals surface area contributed by atoms with Crippen molar-refractivity contribution in [1.29, 1.82) is 0 Å².